The molecule has 0 aromatic rings. The third-order valence-electron chi connectivity index (χ3n) is 3.14. The van der Waals surface area contributed by atoms with E-state index < -0.39 is 5.97 Å². The summed E-state index contributed by atoms with van der Waals surface area (Å²) in [6.45, 7) is 1.71. The molecule has 0 bridgehead atoms. The van der Waals surface area contributed by atoms with Crippen molar-refractivity contribution in [2.45, 2.75) is 37.8 Å². The summed E-state index contributed by atoms with van der Waals surface area (Å²) in [5.41, 5.74) is 0. The third-order valence-corrected chi connectivity index (χ3v) is 3.14. The summed E-state index contributed by atoms with van der Waals surface area (Å²) in [7, 11) is 0. The zero-order valence-corrected chi connectivity index (χ0v) is 8.24. The minimum atomic E-state index is -0.722. The number of carboxylic acids is 1. The lowest BCUT2D eigenvalue weighted by atomic mass is 9.97. The second-order valence-electron chi connectivity index (χ2n) is 4.27. The van der Waals surface area contributed by atoms with E-state index in [1.165, 1.54) is 0 Å². The number of aliphatic carboxylic acids is 1. The van der Waals surface area contributed by atoms with Gasteiger partial charge in [-0.25, -0.2) is 0 Å². The molecule has 0 amide bonds. The van der Waals surface area contributed by atoms with Crippen molar-refractivity contribution in [3.8, 4) is 0 Å². The molecule has 3 atom stereocenters. The molecule has 0 aromatic carbocycles. The molecule has 2 saturated heterocycles. The minimum absolute atomic E-state index is 0.332. The van der Waals surface area contributed by atoms with Crippen molar-refractivity contribution in [3.63, 3.8) is 0 Å². The summed E-state index contributed by atoms with van der Waals surface area (Å²) in [6.07, 6.45) is 4.47. The van der Waals surface area contributed by atoms with Crippen molar-refractivity contribution >= 4 is 5.97 Å². The third kappa shape index (κ3) is 2.25. The average Bonchev–Trinajstić information content (AvgIpc) is 2.75. The molecular weight excluding hydrogens is 182 g/mol. The lowest BCUT2D eigenvalue weighted by Gasteiger charge is -2.13. The molecule has 80 valence electrons. The van der Waals surface area contributed by atoms with Gasteiger partial charge >= 0.3 is 5.97 Å². The molecule has 2 heterocycles. The predicted molar refractivity (Wildman–Crippen MR) is 51.1 cm³/mol. The Bertz CT molecular complexity index is 213. The summed E-state index contributed by atoms with van der Waals surface area (Å²) in [6, 6.07) is -0.332. The fraction of sp³-hybridized carbons (Fsp3) is 0.900. The van der Waals surface area contributed by atoms with Gasteiger partial charge < -0.3 is 15.2 Å². The Morgan fingerprint density at radius 3 is 3.00 bits per heavy atom. The predicted octanol–water partition coefficient (Wildman–Crippen LogP) is 0.618. The van der Waals surface area contributed by atoms with E-state index in [9.17, 15) is 4.79 Å². The first-order valence-corrected chi connectivity index (χ1v) is 5.33. The van der Waals surface area contributed by atoms with E-state index in [0.717, 1.165) is 38.8 Å². The van der Waals surface area contributed by atoms with Crippen LogP contribution < -0.4 is 5.32 Å². The van der Waals surface area contributed by atoms with Crippen molar-refractivity contribution in [1.82, 2.24) is 5.32 Å². The Labute approximate surface area is 83.6 Å². The van der Waals surface area contributed by atoms with Gasteiger partial charge in [-0.2, -0.15) is 0 Å². The number of carboxylic acid groups (broad SMARTS) is 1. The molecule has 14 heavy (non-hydrogen) atoms. The maximum Gasteiger partial charge on any atom is 0.320 e. The zero-order valence-electron chi connectivity index (χ0n) is 8.24. The van der Waals surface area contributed by atoms with Crippen LogP contribution in [0.2, 0.25) is 0 Å². The molecule has 4 heteroatoms. The molecule has 0 aromatic heterocycles. The van der Waals surface area contributed by atoms with Crippen LogP contribution in [0.25, 0.3) is 0 Å². The number of hydrogen-bond acceptors (Lipinski definition) is 3. The average molecular weight is 199 g/mol. The van der Waals surface area contributed by atoms with Crippen molar-refractivity contribution < 1.29 is 14.6 Å². The Hall–Kier alpha value is -0.610. The topological polar surface area (TPSA) is 58.6 Å². The van der Waals surface area contributed by atoms with E-state index in [1.54, 1.807) is 0 Å². The standard InChI is InChI=1S/C10H17NO3/c12-10(13)9-5-7(6-11-9)4-8-2-1-3-14-8/h7-9,11H,1-6H2,(H,12,13). The molecule has 4 nitrogen and oxygen atoms in total. The summed E-state index contributed by atoms with van der Waals surface area (Å²) in [5.74, 6) is -0.237. The molecule has 2 aliphatic rings. The SMILES string of the molecule is O=C(O)C1CC(CC2CCCO2)CN1. The van der Waals surface area contributed by atoms with Crippen molar-refractivity contribution in [2.75, 3.05) is 13.2 Å². The molecule has 0 aliphatic carbocycles. The maximum absolute atomic E-state index is 10.7. The fourth-order valence-corrected chi connectivity index (χ4v) is 2.38. The highest BCUT2D eigenvalue weighted by molar-refractivity contribution is 5.73. The van der Waals surface area contributed by atoms with Crippen molar-refractivity contribution in [2.24, 2.45) is 5.92 Å². The summed E-state index contributed by atoms with van der Waals surface area (Å²) < 4.78 is 5.54. The summed E-state index contributed by atoms with van der Waals surface area (Å²) in [5, 5.41) is 11.8. The lowest BCUT2D eigenvalue weighted by molar-refractivity contribution is -0.139. The molecule has 2 rings (SSSR count). The van der Waals surface area contributed by atoms with Crippen molar-refractivity contribution in [3.05, 3.63) is 0 Å². The lowest BCUT2D eigenvalue weighted by Crippen LogP contribution is -2.29. The van der Waals surface area contributed by atoms with Gasteiger partial charge in [-0.1, -0.05) is 0 Å². The second-order valence-corrected chi connectivity index (χ2v) is 4.27. The Morgan fingerprint density at radius 1 is 1.57 bits per heavy atom. The van der Waals surface area contributed by atoms with E-state index in [1.807, 2.05) is 0 Å². The monoisotopic (exact) mass is 199 g/mol. The number of nitrogens with one attached hydrogen (secondary N) is 1. The van der Waals surface area contributed by atoms with Crippen LogP contribution >= 0.6 is 0 Å². The molecule has 2 aliphatic heterocycles. The molecule has 0 spiro atoms. The molecule has 0 saturated carbocycles. The first kappa shape index (κ1) is 9.93. The van der Waals surface area contributed by atoms with Gasteiger partial charge in [0.2, 0.25) is 0 Å². The quantitative estimate of drug-likeness (QED) is 0.699. The van der Waals surface area contributed by atoms with E-state index in [-0.39, 0.29) is 6.04 Å². The largest absolute Gasteiger partial charge is 0.480 e. The van der Waals surface area contributed by atoms with E-state index in [2.05, 4.69) is 5.32 Å². The molecule has 2 fully saturated rings. The van der Waals surface area contributed by atoms with Gasteiger partial charge in [0.05, 0.1) is 6.10 Å². The van der Waals surface area contributed by atoms with Gasteiger partial charge in [-0.15, -0.1) is 0 Å². The van der Waals surface area contributed by atoms with Crippen molar-refractivity contribution in [1.29, 1.82) is 0 Å². The number of carbonyl (C=O) groups is 1. The van der Waals surface area contributed by atoms with Gasteiger partial charge in [0.25, 0.3) is 0 Å². The molecule has 3 unspecified atom stereocenters. The normalized spacial score (nSPS) is 37.6. The Morgan fingerprint density at radius 2 is 2.43 bits per heavy atom. The smallest absolute Gasteiger partial charge is 0.320 e. The number of ether oxygens (including phenoxy) is 1. The van der Waals surface area contributed by atoms with Crippen LogP contribution in [0.3, 0.4) is 0 Å². The highest BCUT2D eigenvalue weighted by atomic mass is 16.5. The molecule has 0 radical (unpaired) electrons. The number of hydrogen-bond donors (Lipinski definition) is 2. The molecule has 2 N–H and O–H groups in total. The van der Waals surface area contributed by atoms with Gasteiger partial charge in [0.15, 0.2) is 0 Å². The maximum atomic E-state index is 10.7. The first-order valence-electron chi connectivity index (χ1n) is 5.33. The second kappa shape index (κ2) is 4.28. The van der Waals surface area contributed by atoms with Crippen LogP contribution in [-0.4, -0.2) is 36.4 Å². The Kier molecular flexibility index (Phi) is 3.03. The first-order chi connectivity index (χ1) is 6.75. The number of rotatable bonds is 3. The van der Waals surface area contributed by atoms with Crippen LogP contribution in [0.1, 0.15) is 25.7 Å². The van der Waals surface area contributed by atoms with Crippen LogP contribution in [0, 0.1) is 5.92 Å². The van der Waals surface area contributed by atoms with E-state index in [4.69, 9.17) is 9.84 Å². The van der Waals surface area contributed by atoms with E-state index in [0.29, 0.717) is 12.0 Å². The Balaban J connectivity index is 1.75. The zero-order chi connectivity index (χ0) is 9.97. The van der Waals surface area contributed by atoms with Crippen LogP contribution in [0.5, 0.6) is 0 Å². The van der Waals surface area contributed by atoms with Crippen LogP contribution in [-0.2, 0) is 9.53 Å². The van der Waals surface area contributed by atoms with Crippen LogP contribution in [0.4, 0.5) is 0 Å². The summed E-state index contributed by atoms with van der Waals surface area (Å²) in [4.78, 5) is 10.7. The van der Waals surface area contributed by atoms with Gasteiger partial charge in [-0.3, -0.25) is 4.79 Å². The minimum Gasteiger partial charge on any atom is -0.480 e. The summed E-state index contributed by atoms with van der Waals surface area (Å²) >= 11 is 0. The molecular formula is C10H17NO3. The van der Waals surface area contributed by atoms with Gasteiger partial charge in [0.1, 0.15) is 6.04 Å². The van der Waals surface area contributed by atoms with E-state index >= 15 is 0 Å². The fourth-order valence-electron chi connectivity index (χ4n) is 2.38. The van der Waals surface area contributed by atoms with Gasteiger partial charge in [-0.05, 0) is 38.1 Å². The van der Waals surface area contributed by atoms with Gasteiger partial charge in [0, 0.05) is 6.61 Å². The van der Waals surface area contributed by atoms with Crippen LogP contribution in [0.15, 0.2) is 0 Å². The highest BCUT2D eigenvalue weighted by Gasteiger charge is 2.31. The highest BCUT2D eigenvalue weighted by Crippen LogP contribution is 2.25.